The Labute approximate surface area is 124 Å². The van der Waals surface area contributed by atoms with Crippen LogP contribution >= 0.6 is 0 Å². The first-order valence-corrected chi connectivity index (χ1v) is 7.06. The van der Waals surface area contributed by atoms with E-state index in [9.17, 15) is 9.50 Å². The van der Waals surface area contributed by atoms with E-state index in [0.717, 1.165) is 17.9 Å². The van der Waals surface area contributed by atoms with Crippen molar-refractivity contribution in [2.45, 2.75) is 26.1 Å². The molecule has 1 aromatic heterocycles. The third-order valence-electron chi connectivity index (χ3n) is 3.42. The van der Waals surface area contributed by atoms with Crippen molar-refractivity contribution >= 4 is 11.0 Å². The van der Waals surface area contributed by atoms with Crippen LogP contribution < -0.4 is 0 Å². The summed E-state index contributed by atoms with van der Waals surface area (Å²) in [5.41, 5.74) is 1.21. The van der Waals surface area contributed by atoms with E-state index in [1.807, 2.05) is 29.5 Å². The molecule has 2 aromatic rings. The number of benzene rings is 1. The highest BCUT2D eigenvalue weighted by Crippen LogP contribution is 2.20. The zero-order valence-corrected chi connectivity index (χ0v) is 12.7. The van der Waals surface area contributed by atoms with Crippen LogP contribution in [0.2, 0.25) is 0 Å². The molecule has 1 unspecified atom stereocenters. The average molecular weight is 295 g/mol. The smallest absolute Gasteiger partial charge is 0.151 e. The maximum absolute atomic E-state index is 13.8. The van der Waals surface area contributed by atoms with Crippen LogP contribution in [0.5, 0.6) is 0 Å². The highest BCUT2D eigenvalue weighted by molar-refractivity contribution is 5.76. The van der Waals surface area contributed by atoms with Crippen LogP contribution in [0.3, 0.4) is 0 Å². The van der Waals surface area contributed by atoms with Crippen LogP contribution in [0.4, 0.5) is 4.39 Å². The summed E-state index contributed by atoms with van der Waals surface area (Å²) >= 11 is 0. The zero-order valence-electron chi connectivity index (χ0n) is 12.7. The highest BCUT2D eigenvalue weighted by atomic mass is 19.1. The second-order valence-corrected chi connectivity index (χ2v) is 5.19. The number of hydrogen-bond acceptors (Lipinski definition) is 4. The quantitative estimate of drug-likeness (QED) is 0.843. The SMILES string of the molecule is CCn1c(CN(C)CC(O)COC)nc2c(F)cccc21. The van der Waals surface area contributed by atoms with E-state index in [1.54, 1.807) is 13.2 Å². The number of ether oxygens (including phenoxy) is 1. The predicted octanol–water partition coefficient (Wildman–Crippen LogP) is 1.63. The molecule has 0 saturated carbocycles. The summed E-state index contributed by atoms with van der Waals surface area (Å²) in [7, 11) is 3.46. The second kappa shape index (κ2) is 6.98. The number of methoxy groups -OCH3 is 1. The first-order valence-electron chi connectivity index (χ1n) is 7.06. The molecule has 0 saturated heterocycles. The third-order valence-corrected chi connectivity index (χ3v) is 3.42. The molecule has 5 nitrogen and oxygen atoms in total. The van der Waals surface area contributed by atoms with Crippen LogP contribution in [0, 0.1) is 5.82 Å². The van der Waals surface area contributed by atoms with E-state index in [1.165, 1.54) is 6.07 Å². The summed E-state index contributed by atoms with van der Waals surface area (Å²) in [6.07, 6.45) is -0.545. The van der Waals surface area contributed by atoms with Crippen molar-refractivity contribution < 1.29 is 14.2 Å². The monoisotopic (exact) mass is 295 g/mol. The molecule has 0 aliphatic heterocycles. The van der Waals surface area contributed by atoms with Gasteiger partial charge in [-0.1, -0.05) is 6.07 Å². The fourth-order valence-corrected chi connectivity index (χ4v) is 2.55. The molecule has 1 heterocycles. The number of para-hydroxylation sites is 1. The lowest BCUT2D eigenvalue weighted by Crippen LogP contribution is -2.32. The van der Waals surface area contributed by atoms with Crippen LogP contribution in [0.25, 0.3) is 11.0 Å². The number of halogens is 1. The van der Waals surface area contributed by atoms with Crippen LogP contribution in [0.15, 0.2) is 18.2 Å². The number of rotatable bonds is 7. The number of likely N-dealkylation sites (N-methyl/N-ethyl adjacent to an activating group) is 1. The lowest BCUT2D eigenvalue weighted by molar-refractivity contribution is 0.0412. The maximum atomic E-state index is 13.8. The molecule has 2 rings (SSSR count). The van der Waals surface area contributed by atoms with E-state index in [-0.39, 0.29) is 5.82 Å². The van der Waals surface area contributed by atoms with E-state index < -0.39 is 6.10 Å². The summed E-state index contributed by atoms with van der Waals surface area (Å²) in [5.74, 6) is 0.493. The van der Waals surface area contributed by atoms with E-state index in [0.29, 0.717) is 25.2 Å². The molecule has 0 aliphatic rings. The van der Waals surface area contributed by atoms with Gasteiger partial charge in [-0.05, 0) is 26.1 Å². The van der Waals surface area contributed by atoms with Gasteiger partial charge < -0.3 is 14.4 Å². The van der Waals surface area contributed by atoms with Crippen molar-refractivity contribution in [3.05, 3.63) is 29.8 Å². The topological polar surface area (TPSA) is 50.5 Å². The normalized spacial score (nSPS) is 13.2. The van der Waals surface area contributed by atoms with Crippen LogP contribution in [-0.4, -0.2) is 53.0 Å². The summed E-state index contributed by atoms with van der Waals surface area (Å²) in [5, 5.41) is 9.75. The highest BCUT2D eigenvalue weighted by Gasteiger charge is 2.15. The number of imidazole rings is 1. The Balaban J connectivity index is 2.20. The first-order chi connectivity index (χ1) is 10.1. The van der Waals surface area contributed by atoms with Crippen molar-refractivity contribution in [2.75, 3.05) is 27.3 Å². The molecular formula is C15H22FN3O2. The Morgan fingerprint density at radius 1 is 1.48 bits per heavy atom. The Bertz CT molecular complexity index is 600. The van der Waals surface area contributed by atoms with Crippen LogP contribution in [0.1, 0.15) is 12.7 Å². The minimum absolute atomic E-state index is 0.295. The molecule has 0 fully saturated rings. The molecular weight excluding hydrogens is 273 g/mol. The molecule has 0 radical (unpaired) electrons. The largest absolute Gasteiger partial charge is 0.389 e. The van der Waals surface area contributed by atoms with Gasteiger partial charge in [0.1, 0.15) is 11.3 Å². The molecule has 1 aromatic carbocycles. The lowest BCUT2D eigenvalue weighted by atomic mass is 10.3. The molecule has 0 amide bonds. The number of aliphatic hydroxyl groups is 1. The molecule has 6 heteroatoms. The standard InChI is InChI=1S/C15H22FN3O2/c1-4-19-13-7-5-6-12(16)15(13)17-14(19)9-18(2)8-11(20)10-21-3/h5-7,11,20H,4,8-10H2,1-3H3. The number of nitrogens with zero attached hydrogens (tertiary/aromatic N) is 3. The Hall–Kier alpha value is -1.50. The van der Waals surface area contributed by atoms with E-state index in [4.69, 9.17) is 4.74 Å². The van der Waals surface area contributed by atoms with Crippen LogP contribution in [-0.2, 0) is 17.8 Å². The van der Waals surface area contributed by atoms with E-state index in [2.05, 4.69) is 4.98 Å². The van der Waals surface area contributed by atoms with Gasteiger partial charge in [-0.2, -0.15) is 0 Å². The molecule has 0 aliphatic carbocycles. The van der Waals surface area contributed by atoms with Crippen molar-refractivity contribution in [3.8, 4) is 0 Å². The number of aliphatic hydroxyl groups excluding tert-OH is 1. The average Bonchev–Trinajstić information content (AvgIpc) is 2.77. The van der Waals surface area contributed by atoms with Gasteiger partial charge >= 0.3 is 0 Å². The predicted molar refractivity (Wildman–Crippen MR) is 79.6 cm³/mol. The van der Waals surface area contributed by atoms with Gasteiger partial charge in [0.25, 0.3) is 0 Å². The van der Waals surface area contributed by atoms with Crippen molar-refractivity contribution in [3.63, 3.8) is 0 Å². The number of hydrogen-bond donors (Lipinski definition) is 1. The van der Waals surface area contributed by atoms with Gasteiger partial charge in [-0.15, -0.1) is 0 Å². The van der Waals surface area contributed by atoms with Crippen molar-refractivity contribution in [1.82, 2.24) is 14.5 Å². The second-order valence-electron chi connectivity index (χ2n) is 5.19. The maximum Gasteiger partial charge on any atom is 0.151 e. The number of aryl methyl sites for hydroxylation is 1. The summed E-state index contributed by atoms with van der Waals surface area (Å²) in [6.45, 7) is 4.05. The number of fused-ring (bicyclic) bond motifs is 1. The fourth-order valence-electron chi connectivity index (χ4n) is 2.55. The Morgan fingerprint density at radius 3 is 2.90 bits per heavy atom. The Morgan fingerprint density at radius 2 is 2.24 bits per heavy atom. The first kappa shape index (κ1) is 15.9. The molecule has 0 bridgehead atoms. The van der Waals surface area contributed by atoms with Gasteiger partial charge in [0.2, 0.25) is 0 Å². The van der Waals surface area contributed by atoms with Gasteiger partial charge in [0.15, 0.2) is 5.82 Å². The Kier molecular flexibility index (Phi) is 5.27. The molecule has 116 valence electrons. The molecule has 1 N–H and O–H groups in total. The minimum Gasteiger partial charge on any atom is -0.389 e. The summed E-state index contributed by atoms with van der Waals surface area (Å²) in [4.78, 5) is 6.36. The molecule has 21 heavy (non-hydrogen) atoms. The van der Waals surface area contributed by atoms with Gasteiger partial charge in [0.05, 0.1) is 24.8 Å². The third kappa shape index (κ3) is 3.58. The molecule has 0 spiro atoms. The molecule has 1 atom stereocenters. The summed E-state index contributed by atoms with van der Waals surface area (Å²) < 4.78 is 20.7. The van der Waals surface area contributed by atoms with Crippen molar-refractivity contribution in [1.29, 1.82) is 0 Å². The van der Waals surface area contributed by atoms with Gasteiger partial charge in [-0.3, -0.25) is 4.90 Å². The zero-order chi connectivity index (χ0) is 15.4. The number of aromatic nitrogens is 2. The summed E-state index contributed by atoms with van der Waals surface area (Å²) in [6, 6.07) is 4.99. The minimum atomic E-state index is -0.545. The lowest BCUT2D eigenvalue weighted by Gasteiger charge is -2.20. The van der Waals surface area contributed by atoms with Crippen molar-refractivity contribution in [2.24, 2.45) is 0 Å². The fraction of sp³-hybridized carbons (Fsp3) is 0.533. The van der Waals surface area contributed by atoms with Gasteiger partial charge in [-0.25, -0.2) is 9.37 Å². The van der Waals surface area contributed by atoms with Gasteiger partial charge in [0, 0.05) is 20.2 Å². The van der Waals surface area contributed by atoms with E-state index >= 15 is 0 Å².